The Balaban J connectivity index is 1.61. The van der Waals surface area contributed by atoms with Crippen LogP contribution in [0.4, 0.5) is 11.6 Å². The monoisotopic (exact) mass is 462 g/mol. The first-order valence-corrected chi connectivity index (χ1v) is 10.8. The van der Waals surface area contributed by atoms with Crippen LogP contribution in [0.2, 0.25) is 0 Å². The Kier molecular flexibility index (Phi) is 6.22. The molecule has 34 heavy (non-hydrogen) atoms. The molecule has 0 aliphatic heterocycles. The highest BCUT2D eigenvalue weighted by molar-refractivity contribution is 5.87. The third-order valence-corrected chi connectivity index (χ3v) is 5.19. The van der Waals surface area contributed by atoms with Crippen molar-refractivity contribution >= 4 is 28.5 Å². The van der Waals surface area contributed by atoms with E-state index in [1.54, 1.807) is 18.2 Å². The molecule has 0 saturated carbocycles. The van der Waals surface area contributed by atoms with E-state index in [0.29, 0.717) is 28.0 Å². The number of hydrogen-bond donors (Lipinski definition) is 4. The number of fused-ring (bicyclic) bond motifs is 1. The van der Waals surface area contributed by atoms with Gasteiger partial charge in [0.05, 0.1) is 17.3 Å². The second-order valence-corrected chi connectivity index (χ2v) is 8.41. The summed E-state index contributed by atoms with van der Waals surface area (Å²) < 4.78 is 6.52. The number of aromatic nitrogens is 3. The first kappa shape index (κ1) is 22.8. The number of aromatic hydroxyl groups is 1. The van der Waals surface area contributed by atoms with Crippen molar-refractivity contribution in [2.75, 3.05) is 11.1 Å². The normalized spacial score (nSPS) is 11.2. The van der Waals surface area contributed by atoms with Gasteiger partial charge >= 0.3 is 0 Å². The van der Waals surface area contributed by atoms with Crippen molar-refractivity contribution in [2.24, 2.45) is 0 Å². The zero-order valence-corrected chi connectivity index (χ0v) is 19.1. The van der Waals surface area contributed by atoms with Crippen molar-refractivity contribution in [2.45, 2.75) is 39.9 Å². The summed E-state index contributed by atoms with van der Waals surface area (Å²) in [4.78, 5) is 30.3. The minimum atomic E-state index is -0.430. The highest BCUT2D eigenvalue weighted by Crippen LogP contribution is 2.25. The fourth-order valence-corrected chi connectivity index (χ4v) is 3.67. The van der Waals surface area contributed by atoms with Crippen molar-refractivity contribution in [3.8, 4) is 17.0 Å². The van der Waals surface area contributed by atoms with Crippen LogP contribution in [0.15, 0.2) is 51.9 Å². The summed E-state index contributed by atoms with van der Waals surface area (Å²) in [5.74, 6) is 0.158. The van der Waals surface area contributed by atoms with E-state index in [1.807, 2.05) is 32.9 Å². The fourth-order valence-electron chi connectivity index (χ4n) is 3.67. The third-order valence-electron chi connectivity index (χ3n) is 5.19. The summed E-state index contributed by atoms with van der Waals surface area (Å²) in [6, 6.07) is 10.3. The molecule has 2 heterocycles. The van der Waals surface area contributed by atoms with Crippen molar-refractivity contribution in [1.82, 2.24) is 20.0 Å². The van der Waals surface area contributed by atoms with Gasteiger partial charge in [-0.3, -0.25) is 14.2 Å². The maximum atomic E-state index is 13.2. The quantitative estimate of drug-likeness (QED) is 0.328. The van der Waals surface area contributed by atoms with Crippen LogP contribution in [-0.2, 0) is 17.9 Å². The van der Waals surface area contributed by atoms with Crippen LogP contribution < -0.4 is 21.9 Å². The number of nitrogen functional groups attached to an aromatic ring is 1. The first-order valence-electron chi connectivity index (χ1n) is 10.8. The van der Waals surface area contributed by atoms with Crippen molar-refractivity contribution in [1.29, 1.82) is 0 Å². The molecule has 0 aliphatic rings. The van der Waals surface area contributed by atoms with Gasteiger partial charge in [-0.05, 0) is 62.2 Å². The van der Waals surface area contributed by atoms with Crippen molar-refractivity contribution in [3.63, 3.8) is 0 Å². The van der Waals surface area contributed by atoms with E-state index in [2.05, 4.69) is 20.8 Å². The number of benzene rings is 2. The minimum absolute atomic E-state index is 0.0172. The summed E-state index contributed by atoms with van der Waals surface area (Å²) >= 11 is 0. The van der Waals surface area contributed by atoms with Crippen LogP contribution >= 0.6 is 0 Å². The maximum absolute atomic E-state index is 13.2. The Morgan fingerprint density at radius 3 is 2.76 bits per heavy atom. The second-order valence-electron chi connectivity index (χ2n) is 8.41. The molecule has 0 spiro atoms. The van der Waals surface area contributed by atoms with E-state index in [4.69, 9.17) is 10.3 Å². The van der Waals surface area contributed by atoms with E-state index in [1.165, 1.54) is 16.8 Å². The summed E-state index contributed by atoms with van der Waals surface area (Å²) in [7, 11) is 0. The van der Waals surface area contributed by atoms with Crippen LogP contribution in [0, 0.1) is 6.92 Å². The number of rotatable bonds is 7. The van der Waals surface area contributed by atoms with Gasteiger partial charge in [0.2, 0.25) is 5.91 Å². The van der Waals surface area contributed by atoms with Gasteiger partial charge in [-0.25, -0.2) is 4.98 Å². The van der Waals surface area contributed by atoms with Gasteiger partial charge < -0.3 is 26.0 Å². The third kappa shape index (κ3) is 4.85. The smallest absolute Gasteiger partial charge is 0.294 e. The molecule has 4 rings (SSSR count). The van der Waals surface area contributed by atoms with Crippen LogP contribution in [-0.4, -0.2) is 31.8 Å². The van der Waals surface area contributed by atoms with Gasteiger partial charge in [0.25, 0.3) is 5.56 Å². The second kappa shape index (κ2) is 9.26. The average Bonchev–Trinajstić information content (AvgIpc) is 3.14. The van der Waals surface area contributed by atoms with Gasteiger partial charge in [-0.2, -0.15) is 0 Å². The molecule has 0 fully saturated rings. The summed E-state index contributed by atoms with van der Waals surface area (Å²) in [5, 5.41) is 20.3. The number of nitrogens with one attached hydrogen (secondary N) is 2. The fraction of sp³-hybridized carbons (Fsp3) is 0.250. The van der Waals surface area contributed by atoms with E-state index >= 15 is 0 Å². The number of hydrogen-bond acceptors (Lipinski definition) is 8. The predicted molar refractivity (Wildman–Crippen MR) is 129 cm³/mol. The van der Waals surface area contributed by atoms with Crippen LogP contribution in [0.1, 0.15) is 25.0 Å². The Morgan fingerprint density at radius 2 is 2.03 bits per heavy atom. The van der Waals surface area contributed by atoms with Gasteiger partial charge in [-0.15, -0.1) is 0 Å². The van der Waals surface area contributed by atoms with Gasteiger partial charge in [0, 0.05) is 18.2 Å². The lowest BCUT2D eigenvalue weighted by molar-refractivity contribution is -0.121. The average molecular weight is 463 g/mol. The molecule has 1 amide bonds. The predicted octanol–water partition coefficient (Wildman–Crippen LogP) is 2.78. The van der Waals surface area contributed by atoms with Gasteiger partial charge in [0.1, 0.15) is 12.3 Å². The lowest BCUT2D eigenvalue weighted by Crippen LogP contribution is -2.35. The van der Waals surface area contributed by atoms with Crippen molar-refractivity contribution < 1.29 is 14.4 Å². The molecule has 0 aliphatic carbocycles. The van der Waals surface area contributed by atoms with E-state index < -0.39 is 5.56 Å². The standard InChI is InChI=1S/C24H26N6O4/c1-13(2)28-23-24(33)30(19(11-27-23)16-6-14(3)7-17(31)9-16)12-21(32)26-10-15-4-5-18-20(8-15)34-29-22(18)25/h4-9,11,13,31H,10,12H2,1-3H3,(H2,25,29)(H,26,32)(H,27,28). The molecule has 0 saturated heterocycles. The molecule has 176 valence electrons. The molecule has 10 heteroatoms. The highest BCUT2D eigenvalue weighted by atomic mass is 16.5. The molecule has 10 nitrogen and oxygen atoms in total. The largest absolute Gasteiger partial charge is 0.508 e. The number of phenols is 1. The molecule has 2 aromatic heterocycles. The molecule has 4 aromatic rings. The molecule has 5 N–H and O–H groups in total. The Bertz CT molecular complexity index is 1400. The number of aryl methyl sites for hydroxylation is 1. The number of phenolic OH excluding ortho intramolecular Hbond substituents is 1. The van der Waals surface area contributed by atoms with E-state index in [-0.39, 0.29) is 36.6 Å². The highest BCUT2D eigenvalue weighted by Gasteiger charge is 2.16. The number of nitrogens with zero attached hydrogens (tertiary/aromatic N) is 3. The van der Waals surface area contributed by atoms with E-state index in [0.717, 1.165) is 11.1 Å². The molecular formula is C24H26N6O4. The molecule has 0 unspecified atom stereocenters. The van der Waals surface area contributed by atoms with Gasteiger partial charge in [-0.1, -0.05) is 11.2 Å². The van der Waals surface area contributed by atoms with E-state index in [9.17, 15) is 14.7 Å². The maximum Gasteiger partial charge on any atom is 0.294 e. The summed E-state index contributed by atoms with van der Waals surface area (Å²) in [5.41, 5.74) is 8.45. The van der Waals surface area contributed by atoms with Crippen LogP contribution in [0.5, 0.6) is 5.75 Å². The van der Waals surface area contributed by atoms with Crippen molar-refractivity contribution in [3.05, 3.63) is 64.1 Å². The zero-order chi connectivity index (χ0) is 24.4. The minimum Gasteiger partial charge on any atom is -0.508 e. The molecular weight excluding hydrogens is 436 g/mol. The number of nitrogens with two attached hydrogens (primary N) is 1. The number of anilines is 2. The number of carbonyl (C=O) groups excluding carboxylic acids is 1. The molecule has 0 bridgehead atoms. The number of amides is 1. The molecule has 0 radical (unpaired) electrons. The summed E-state index contributed by atoms with van der Waals surface area (Å²) in [6.07, 6.45) is 1.52. The SMILES string of the molecule is Cc1cc(O)cc(-c2cnc(NC(C)C)c(=O)n2CC(=O)NCc2ccc3c(N)noc3c2)c1. The molecule has 2 aromatic carbocycles. The first-order chi connectivity index (χ1) is 16.2. The van der Waals surface area contributed by atoms with Crippen LogP contribution in [0.3, 0.4) is 0 Å². The Morgan fingerprint density at radius 1 is 1.24 bits per heavy atom. The lowest BCUT2D eigenvalue weighted by atomic mass is 10.1. The lowest BCUT2D eigenvalue weighted by Gasteiger charge is -2.16. The topological polar surface area (TPSA) is 148 Å². The van der Waals surface area contributed by atoms with Gasteiger partial charge in [0.15, 0.2) is 17.2 Å². The summed E-state index contributed by atoms with van der Waals surface area (Å²) in [6.45, 7) is 5.62. The van der Waals surface area contributed by atoms with Crippen LogP contribution in [0.25, 0.3) is 22.2 Å². The molecule has 0 atom stereocenters. The number of carbonyl (C=O) groups is 1. The Hall–Kier alpha value is -4.34. The Labute approximate surface area is 195 Å². The zero-order valence-electron chi connectivity index (χ0n) is 19.1.